The molecule has 4 nitrogen and oxygen atoms in total. The Bertz CT molecular complexity index is 575. The van der Waals surface area contributed by atoms with Crippen LogP contribution in [-0.2, 0) is 11.3 Å². The Labute approximate surface area is 157 Å². The van der Waals surface area contributed by atoms with Crippen LogP contribution >= 0.6 is 11.3 Å². The number of thiazole rings is 1. The second-order valence-electron chi connectivity index (χ2n) is 8.97. The van der Waals surface area contributed by atoms with Crippen LogP contribution in [0.4, 0.5) is 0 Å². The first-order valence-electron chi connectivity index (χ1n) is 9.76. The van der Waals surface area contributed by atoms with E-state index in [4.69, 9.17) is 9.72 Å². The van der Waals surface area contributed by atoms with Gasteiger partial charge in [0, 0.05) is 30.4 Å². The van der Waals surface area contributed by atoms with Crippen molar-refractivity contribution in [2.75, 3.05) is 33.8 Å². The molecule has 1 aromatic rings. The van der Waals surface area contributed by atoms with Gasteiger partial charge in [0.2, 0.25) is 0 Å². The van der Waals surface area contributed by atoms with Crippen molar-refractivity contribution in [3.05, 3.63) is 15.6 Å². The Balaban J connectivity index is 1.63. The van der Waals surface area contributed by atoms with E-state index in [2.05, 4.69) is 38.0 Å². The fourth-order valence-electron chi connectivity index (χ4n) is 4.61. The molecule has 1 aliphatic heterocycles. The topological polar surface area (TPSA) is 37.4 Å². The van der Waals surface area contributed by atoms with Crippen molar-refractivity contribution in [3.63, 3.8) is 0 Å². The van der Waals surface area contributed by atoms with Crippen molar-refractivity contribution in [3.8, 4) is 0 Å². The molecule has 1 N–H and O–H groups in total. The van der Waals surface area contributed by atoms with Crippen molar-refractivity contribution in [1.82, 2.24) is 15.2 Å². The molecule has 25 heavy (non-hydrogen) atoms. The number of likely N-dealkylation sites (N-methyl/N-ethyl adjacent to an activating group) is 2. The third-order valence-corrected chi connectivity index (χ3v) is 6.82. The second-order valence-corrected chi connectivity index (χ2v) is 10.3. The van der Waals surface area contributed by atoms with Crippen LogP contribution in [0, 0.1) is 12.3 Å². The molecule has 1 saturated carbocycles. The second kappa shape index (κ2) is 7.63. The highest BCUT2D eigenvalue weighted by Crippen LogP contribution is 2.50. The number of ether oxygens (including phenoxy) is 1. The molecule has 2 heterocycles. The summed E-state index contributed by atoms with van der Waals surface area (Å²) in [6.45, 7) is 10.9. The van der Waals surface area contributed by atoms with Gasteiger partial charge in [-0.05, 0) is 58.5 Å². The van der Waals surface area contributed by atoms with Crippen LogP contribution in [0.2, 0.25) is 0 Å². The van der Waals surface area contributed by atoms with E-state index in [9.17, 15) is 0 Å². The lowest BCUT2D eigenvalue weighted by Gasteiger charge is -2.37. The average molecular weight is 366 g/mol. The Morgan fingerprint density at radius 3 is 2.64 bits per heavy atom. The van der Waals surface area contributed by atoms with E-state index in [1.165, 1.54) is 47.7 Å². The van der Waals surface area contributed by atoms with Crippen LogP contribution in [0.15, 0.2) is 0 Å². The fourth-order valence-corrected chi connectivity index (χ4v) is 5.71. The van der Waals surface area contributed by atoms with Gasteiger partial charge in [0.15, 0.2) is 0 Å². The number of hydrogen-bond donors (Lipinski definition) is 1. The van der Waals surface area contributed by atoms with Gasteiger partial charge in [-0.15, -0.1) is 11.3 Å². The summed E-state index contributed by atoms with van der Waals surface area (Å²) in [5.41, 5.74) is 1.89. The molecular formula is C20H35N3OS. The van der Waals surface area contributed by atoms with Crippen LogP contribution in [0.5, 0.6) is 0 Å². The summed E-state index contributed by atoms with van der Waals surface area (Å²) >= 11 is 1.89. The Hall–Kier alpha value is -0.490. The number of hydrogen-bond acceptors (Lipinski definition) is 5. The highest BCUT2D eigenvalue weighted by Gasteiger charge is 2.46. The highest BCUT2D eigenvalue weighted by atomic mass is 32.1. The first-order valence-corrected chi connectivity index (χ1v) is 10.6. The number of nitrogens with one attached hydrogen (secondary N) is 1. The summed E-state index contributed by atoms with van der Waals surface area (Å²) in [7, 11) is 4.22. The van der Waals surface area contributed by atoms with Gasteiger partial charge >= 0.3 is 0 Å². The maximum absolute atomic E-state index is 6.29. The average Bonchev–Trinajstić information content (AvgIpc) is 3.06. The minimum Gasteiger partial charge on any atom is -0.374 e. The van der Waals surface area contributed by atoms with Gasteiger partial charge < -0.3 is 10.1 Å². The van der Waals surface area contributed by atoms with Gasteiger partial charge in [0.25, 0.3) is 0 Å². The summed E-state index contributed by atoms with van der Waals surface area (Å²) in [5, 5.41) is 4.45. The minimum absolute atomic E-state index is 0.162. The zero-order valence-electron chi connectivity index (χ0n) is 16.7. The molecule has 3 rings (SSSR count). The lowest BCUT2D eigenvalue weighted by atomic mass is 9.72. The van der Waals surface area contributed by atoms with Crippen molar-refractivity contribution in [2.24, 2.45) is 5.41 Å². The molecule has 0 amide bonds. The molecule has 2 aliphatic rings. The summed E-state index contributed by atoms with van der Waals surface area (Å²) in [6.07, 6.45) is 6.08. The van der Waals surface area contributed by atoms with Gasteiger partial charge in [-0.2, -0.15) is 0 Å². The molecule has 1 saturated heterocycles. The quantitative estimate of drug-likeness (QED) is 0.828. The van der Waals surface area contributed by atoms with Crippen molar-refractivity contribution in [1.29, 1.82) is 0 Å². The number of aromatic nitrogens is 1. The van der Waals surface area contributed by atoms with E-state index in [0.29, 0.717) is 11.3 Å². The van der Waals surface area contributed by atoms with E-state index in [0.717, 1.165) is 26.2 Å². The molecule has 0 bridgehead atoms. The van der Waals surface area contributed by atoms with Crippen molar-refractivity contribution >= 4 is 11.3 Å². The molecule has 1 aliphatic carbocycles. The van der Waals surface area contributed by atoms with Crippen LogP contribution in [0.25, 0.3) is 0 Å². The highest BCUT2D eigenvalue weighted by molar-refractivity contribution is 7.11. The van der Waals surface area contributed by atoms with Crippen LogP contribution in [0.1, 0.15) is 67.4 Å². The number of rotatable bonds is 6. The molecule has 0 aromatic carbocycles. The monoisotopic (exact) mass is 365 g/mol. The smallest absolute Gasteiger partial charge is 0.0900 e. The minimum atomic E-state index is 0.162. The maximum Gasteiger partial charge on any atom is 0.0900 e. The largest absolute Gasteiger partial charge is 0.374 e. The third kappa shape index (κ3) is 4.62. The van der Waals surface area contributed by atoms with Crippen molar-refractivity contribution < 1.29 is 4.74 Å². The van der Waals surface area contributed by atoms with Crippen LogP contribution in [-0.4, -0.2) is 49.3 Å². The molecule has 0 unspecified atom stereocenters. The molecule has 0 radical (unpaired) electrons. The summed E-state index contributed by atoms with van der Waals surface area (Å²) in [4.78, 5) is 8.83. The van der Waals surface area contributed by atoms with E-state index in [1.54, 1.807) is 0 Å². The Morgan fingerprint density at radius 1 is 1.32 bits per heavy atom. The van der Waals surface area contributed by atoms with E-state index >= 15 is 0 Å². The molecule has 5 heteroatoms. The molecule has 1 aromatic heterocycles. The summed E-state index contributed by atoms with van der Waals surface area (Å²) in [5.74, 6) is 0.621. The molecule has 1 spiro atoms. The maximum atomic E-state index is 6.29. The first-order chi connectivity index (χ1) is 11.8. The lowest BCUT2D eigenvalue weighted by molar-refractivity contribution is -0.0296. The van der Waals surface area contributed by atoms with E-state index < -0.39 is 0 Å². The Morgan fingerprint density at radius 2 is 2.04 bits per heavy atom. The molecule has 2 fully saturated rings. The SMILES string of the molecule is CNCCN(C)Cc1sc(C)nc1C1CCC2(CC1)CC(C)(C)CO2. The van der Waals surface area contributed by atoms with Gasteiger partial charge in [-0.25, -0.2) is 4.98 Å². The summed E-state index contributed by atoms with van der Waals surface area (Å²) in [6, 6.07) is 0. The standard InChI is InChI=1S/C20H35N3OS/c1-15-22-18(17(25-15)12-23(5)11-10-21-4)16-6-8-20(9-7-16)13-19(2,3)14-24-20/h16,21H,6-14H2,1-5H3. The predicted molar refractivity (Wildman–Crippen MR) is 105 cm³/mol. The van der Waals surface area contributed by atoms with Crippen molar-refractivity contribution in [2.45, 2.75) is 70.9 Å². The zero-order chi connectivity index (χ0) is 18.1. The third-order valence-electron chi connectivity index (χ3n) is 5.84. The van der Waals surface area contributed by atoms with Gasteiger partial charge in [0.1, 0.15) is 0 Å². The predicted octanol–water partition coefficient (Wildman–Crippen LogP) is 3.95. The fraction of sp³-hybridized carbons (Fsp3) is 0.850. The summed E-state index contributed by atoms with van der Waals surface area (Å²) < 4.78 is 6.29. The number of aryl methyl sites for hydroxylation is 1. The molecule has 142 valence electrons. The van der Waals surface area contributed by atoms with E-state index in [1.807, 2.05) is 18.4 Å². The van der Waals surface area contributed by atoms with Gasteiger partial charge in [0.05, 0.1) is 22.9 Å². The molecular weight excluding hydrogens is 330 g/mol. The van der Waals surface area contributed by atoms with E-state index in [-0.39, 0.29) is 5.60 Å². The Kier molecular flexibility index (Phi) is 5.88. The zero-order valence-corrected chi connectivity index (χ0v) is 17.5. The first kappa shape index (κ1) is 19.3. The number of nitrogens with zero attached hydrogens (tertiary/aromatic N) is 2. The lowest BCUT2D eigenvalue weighted by Crippen LogP contribution is -2.34. The van der Waals surface area contributed by atoms with Gasteiger partial charge in [-0.3, -0.25) is 4.90 Å². The van der Waals surface area contributed by atoms with Crippen LogP contribution in [0.3, 0.4) is 0 Å². The molecule has 0 atom stereocenters. The van der Waals surface area contributed by atoms with Crippen LogP contribution < -0.4 is 5.32 Å². The normalized spacial score (nSPS) is 29.0. The van der Waals surface area contributed by atoms with Gasteiger partial charge in [-0.1, -0.05) is 13.8 Å².